The summed E-state index contributed by atoms with van der Waals surface area (Å²) in [6.45, 7) is 0.384. The fourth-order valence-corrected chi connectivity index (χ4v) is 4.60. The lowest BCUT2D eigenvalue weighted by Crippen LogP contribution is -2.67. The normalized spacial score (nSPS) is 26.6. The molecule has 0 aliphatic carbocycles. The molecule has 21 nitrogen and oxygen atoms in total. The summed E-state index contributed by atoms with van der Waals surface area (Å²) < 4.78 is 10.3. The number of aromatic carboxylic acids is 1. The fourth-order valence-electron chi connectivity index (χ4n) is 4.60. The third kappa shape index (κ3) is 6.61. The summed E-state index contributed by atoms with van der Waals surface area (Å²) in [5.74, 6) is -5.79. The quantitative estimate of drug-likeness (QED) is 0.102. The number of nitrogens with one attached hydrogen (secondary N) is 2. The smallest absolute Gasteiger partial charge is 0.404 e. The number of aromatic amines is 1. The van der Waals surface area contributed by atoms with Crippen LogP contribution in [0.5, 0.6) is 0 Å². The minimum absolute atomic E-state index is 0.243. The van der Waals surface area contributed by atoms with E-state index in [4.69, 9.17) is 16.2 Å². The van der Waals surface area contributed by atoms with Crippen LogP contribution in [0.3, 0.4) is 0 Å². The maximum Gasteiger partial charge on any atom is 0.404 e. The second-order valence-corrected chi connectivity index (χ2v) is 9.76. The number of aliphatic hydroxyl groups excluding tert-OH is 4. The van der Waals surface area contributed by atoms with E-state index in [9.17, 15) is 64.2 Å². The molecule has 2 aliphatic heterocycles. The number of H-pyrrole nitrogens is 1. The number of hydrogen-bond donors (Lipinski definition) is 10. The van der Waals surface area contributed by atoms with E-state index in [1.165, 1.54) is 13.0 Å². The third-order valence-corrected chi connectivity index (χ3v) is 7.00. The number of carboxylic acids is 2. The van der Waals surface area contributed by atoms with E-state index in [0.29, 0.717) is 16.3 Å². The lowest BCUT2D eigenvalue weighted by Gasteiger charge is -2.43. The molecule has 0 saturated carbocycles. The Morgan fingerprint density at radius 3 is 2.36 bits per heavy atom. The van der Waals surface area contributed by atoms with Gasteiger partial charge in [0.05, 0.1) is 0 Å². The van der Waals surface area contributed by atoms with Gasteiger partial charge in [0.15, 0.2) is 12.3 Å². The Labute approximate surface area is 244 Å². The number of carboxylic acid groups (broad SMARTS) is 2. The minimum Gasteiger partial charge on any atom is -0.479 e. The van der Waals surface area contributed by atoms with Crippen LogP contribution >= 0.6 is 0 Å². The van der Waals surface area contributed by atoms with Gasteiger partial charge in [0.2, 0.25) is 11.8 Å². The first-order valence-corrected chi connectivity index (χ1v) is 12.6. The first kappa shape index (κ1) is 33.8. The Morgan fingerprint density at radius 1 is 1.18 bits per heavy atom. The van der Waals surface area contributed by atoms with Crippen molar-refractivity contribution in [3.8, 4) is 0 Å². The van der Waals surface area contributed by atoms with Crippen molar-refractivity contribution >= 4 is 29.8 Å². The van der Waals surface area contributed by atoms with E-state index in [0.717, 1.165) is 4.90 Å². The number of carbonyl (C=O) groups excluding carboxylic acids is 3. The Kier molecular flexibility index (Phi) is 10.2. The maximum absolute atomic E-state index is 13.6. The first-order valence-electron chi connectivity index (χ1n) is 12.6. The highest BCUT2D eigenvalue weighted by molar-refractivity contribution is 5.95. The van der Waals surface area contributed by atoms with Gasteiger partial charge in [-0.2, -0.15) is 0 Å². The van der Waals surface area contributed by atoms with Crippen molar-refractivity contribution in [2.24, 2.45) is 11.5 Å². The number of ether oxygens (including phenoxy) is 2. The molecule has 1 aromatic heterocycles. The molecule has 0 bridgehead atoms. The van der Waals surface area contributed by atoms with Crippen molar-refractivity contribution < 1.29 is 64.1 Å². The number of rotatable bonds is 11. The highest BCUT2D eigenvalue weighted by Gasteiger charge is 2.54. The summed E-state index contributed by atoms with van der Waals surface area (Å²) >= 11 is 0. The summed E-state index contributed by atoms with van der Waals surface area (Å²) in [4.78, 5) is 87.4. The third-order valence-electron chi connectivity index (χ3n) is 7.00. The largest absolute Gasteiger partial charge is 0.479 e. The second kappa shape index (κ2) is 13.3. The van der Waals surface area contributed by atoms with Gasteiger partial charge in [0.25, 0.3) is 5.56 Å². The Morgan fingerprint density at radius 2 is 1.82 bits per heavy atom. The van der Waals surface area contributed by atoms with Gasteiger partial charge in [-0.3, -0.25) is 23.9 Å². The first-order chi connectivity index (χ1) is 20.5. The average molecular weight is 631 g/mol. The van der Waals surface area contributed by atoms with Crippen LogP contribution < -0.4 is 28.0 Å². The van der Waals surface area contributed by atoms with Crippen LogP contribution in [0.15, 0.2) is 27.4 Å². The predicted octanol–water partition coefficient (Wildman–Crippen LogP) is -6.28. The number of likely N-dealkylation sites (tertiary alicyclic amines) is 1. The van der Waals surface area contributed by atoms with Crippen LogP contribution in [0, 0.1) is 0 Å². The molecule has 0 unspecified atom stereocenters. The van der Waals surface area contributed by atoms with Crippen LogP contribution in [0.4, 0.5) is 4.79 Å². The molecule has 44 heavy (non-hydrogen) atoms. The van der Waals surface area contributed by atoms with Crippen LogP contribution in [-0.4, -0.2) is 137 Å². The zero-order valence-corrected chi connectivity index (χ0v) is 22.7. The topological polar surface area (TPSA) is 347 Å². The highest BCUT2D eigenvalue weighted by Crippen LogP contribution is 2.33. The van der Waals surface area contributed by atoms with Gasteiger partial charge < -0.3 is 61.8 Å². The van der Waals surface area contributed by atoms with Crippen molar-refractivity contribution in [2.75, 3.05) is 13.2 Å². The predicted molar refractivity (Wildman–Crippen MR) is 139 cm³/mol. The molecule has 2 fully saturated rings. The van der Waals surface area contributed by atoms with E-state index in [1.807, 2.05) is 0 Å². The zero-order valence-electron chi connectivity index (χ0n) is 22.7. The Hall–Kier alpha value is -4.67. The summed E-state index contributed by atoms with van der Waals surface area (Å²) in [6.07, 6.45) is -11.6. The van der Waals surface area contributed by atoms with Crippen molar-refractivity contribution in [1.29, 1.82) is 0 Å². The van der Waals surface area contributed by atoms with Gasteiger partial charge in [-0.05, 0) is 12.5 Å². The molecule has 12 N–H and O–H groups in total. The number of aliphatic hydroxyl groups is 4. The fraction of sp³-hybridized carbons (Fsp3) is 0.522. The summed E-state index contributed by atoms with van der Waals surface area (Å²) in [7, 11) is 0. The van der Waals surface area contributed by atoms with E-state index in [-0.39, 0.29) is 6.54 Å². The van der Waals surface area contributed by atoms with Gasteiger partial charge in [-0.1, -0.05) is 6.08 Å². The van der Waals surface area contributed by atoms with E-state index in [2.05, 4.69) is 10.1 Å². The summed E-state index contributed by atoms with van der Waals surface area (Å²) in [5.41, 5.74) is 7.25. The number of nitrogens with two attached hydrogens (primary N) is 2. The molecule has 1 aromatic rings. The Balaban J connectivity index is 1.97. The average Bonchev–Trinajstić information content (AvgIpc) is 3.21. The Bertz CT molecular complexity index is 1470. The summed E-state index contributed by atoms with van der Waals surface area (Å²) in [6, 6.07) is -5.63. The van der Waals surface area contributed by atoms with Crippen molar-refractivity contribution in [3.05, 3.63) is 44.2 Å². The number of primary amides is 1. The molecular weight excluding hydrogens is 600 g/mol. The van der Waals surface area contributed by atoms with Crippen LogP contribution in [-0.2, 0) is 23.9 Å². The van der Waals surface area contributed by atoms with E-state index >= 15 is 0 Å². The standard InChI is InChI=1S/C23H30N6O15/c1-2-6-3-28(11(6)21(39)40)18(36)10(26-17(35)9(24)12(31)8(30)5-43-22(25)41)15-13(32)14(33)19(44-15)29-4-7(20(37)38)16(34)27-23(29)42/h2,4,8-15,19,30-33H,3,5,24H2,1H3,(H2,25,41)(H,26,35)(H,37,38)(H,39,40)(H,27,34,42)/t8-,9-,10-,11-,12+,13-,14+,15+,19+/m0/s1. The van der Waals surface area contributed by atoms with Crippen molar-refractivity contribution in [2.45, 2.75) is 61.8 Å². The molecule has 3 heterocycles. The van der Waals surface area contributed by atoms with Gasteiger partial charge in [0.1, 0.15) is 54.8 Å². The van der Waals surface area contributed by atoms with Gasteiger partial charge in [0, 0.05) is 12.7 Å². The molecule has 0 spiro atoms. The van der Waals surface area contributed by atoms with E-state index in [1.54, 1.807) is 4.98 Å². The number of amides is 3. The van der Waals surface area contributed by atoms with Gasteiger partial charge >= 0.3 is 23.7 Å². The minimum atomic E-state index is -2.13. The maximum atomic E-state index is 13.6. The number of allylic oxidation sites excluding steroid dienone is 1. The number of aromatic nitrogens is 2. The molecular formula is C23H30N6O15. The van der Waals surface area contributed by atoms with Crippen molar-refractivity contribution in [3.63, 3.8) is 0 Å². The van der Waals surface area contributed by atoms with Crippen molar-refractivity contribution in [1.82, 2.24) is 19.8 Å². The van der Waals surface area contributed by atoms with Crippen LogP contribution in [0.25, 0.3) is 0 Å². The molecule has 2 aliphatic rings. The molecule has 21 heteroatoms. The lowest BCUT2D eigenvalue weighted by molar-refractivity contribution is -0.157. The molecule has 0 aromatic carbocycles. The number of nitrogens with zero attached hydrogens (tertiary/aromatic N) is 2. The number of hydrogen-bond acceptors (Lipinski definition) is 14. The zero-order chi connectivity index (χ0) is 33.2. The molecule has 9 atom stereocenters. The monoisotopic (exact) mass is 630 g/mol. The molecule has 2 saturated heterocycles. The number of aliphatic carboxylic acids is 1. The van der Waals surface area contributed by atoms with Crippen LogP contribution in [0.1, 0.15) is 23.5 Å². The van der Waals surface area contributed by atoms with E-state index < -0.39 is 108 Å². The number of carbonyl (C=O) groups is 5. The second-order valence-electron chi connectivity index (χ2n) is 9.76. The summed E-state index contributed by atoms with van der Waals surface area (Å²) in [5, 5.41) is 62.7. The lowest BCUT2D eigenvalue weighted by atomic mass is 9.92. The highest BCUT2D eigenvalue weighted by atomic mass is 16.6. The molecule has 0 radical (unpaired) electrons. The molecule has 3 amide bonds. The van der Waals surface area contributed by atoms with Gasteiger partial charge in [-0.25, -0.2) is 19.2 Å². The SMILES string of the molecule is CC=C1CN(C(=O)[C@@H](NC(=O)[C@@H](N)[C@H](O)[C@@H](O)COC(N)=O)[C@H]2O[C@@H](n3cc(C(=O)O)c(=O)[nH]c3=O)[C@H](O)[C@@H]2O)[C@@H]1C(=O)O. The van der Waals surface area contributed by atoms with Crippen LogP contribution in [0.2, 0.25) is 0 Å². The molecule has 3 rings (SSSR count). The molecule has 242 valence electrons. The van der Waals surface area contributed by atoms with Gasteiger partial charge in [-0.15, -0.1) is 0 Å².